The summed E-state index contributed by atoms with van der Waals surface area (Å²) in [5.74, 6) is 2.23. The van der Waals surface area contributed by atoms with E-state index in [9.17, 15) is 4.79 Å². The van der Waals surface area contributed by atoms with Gasteiger partial charge in [-0.05, 0) is 25.2 Å². The van der Waals surface area contributed by atoms with E-state index in [0.717, 1.165) is 37.3 Å². The van der Waals surface area contributed by atoms with Crippen LogP contribution in [0.5, 0.6) is 0 Å². The third-order valence-corrected chi connectivity index (χ3v) is 4.14. The molecule has 0 aliphatic carbocycles. The van der Waals surface area contributed by atoms with E-state index in [4.69, 9.17) is 0 Å². The van der Waals surface area contributed by atoms with Crippen LogP contribution >= 0.6 is 0 Å². The molecule has 7 nitrogen and oxygen atoms in total. The minimum absolute atomic E-state index is 0.159. The minimum Gasteiger partial charge on any atom is -0.337 e. The van der Waals surface area contributed by atoms with Crippen LogP contribution in [0, 0.1) is 11.8 Å². The number of amides is 2. The van der Waals surface area contributed by atoms with Gasteiger partial charge in [-0.2, -0.15) is 0 Å². The van der Waals surface area contributed by atoms with Crippen molar-refractivity contribution in [1.29, 1.82) is 0 Å². The van der Waals surface area contributed by atoms with Crippen LogP contribution in [0.1, 0.15) is 39.1 Å². The van der Waals surface area contributed by atoms with Crippen LogP contribution in [-0.2, 0) is 7.05 Å². The first-order valence-electron chi connectivity index (χ1n) is 8.06. The number of nitrogens with zero attached hydrogens (tertiary/aromatic N) is 4. The van der Waals surface area contributed by atoms with Gasteiger partial charge >= 0.3 is 6.03 Å². The van der Waals surface area contributed by atoms with E-state index in [-0.39, 0.29) is 12.1 Å². The van der Waals surface area contributed by atoms with Gasteiger partial charge in [-0.3, -0.25) is 0 Å². The van der Waals surface area contributed by atoms with Gasteiger partial charge in [-0.1, -0.05) is 13.8 Å². The molecule has 0 bridgehead atoms. The van der Waals surface area contributed by atoms with Crippen molar-refractivity contribution in [1.82, 2.24) is 30.3 Å². The van der Waals surface area contributed by atoms with Crippen LogP contribution in [0.2, 0.25) is 0 Å². The average Bonchev–Trinajstić information content (AvgIpc) is 2.83. The molecule has 2 N–H and O–H groups in total. The fraction of sp³-hybridized carbons (Fsp3) is 0.800. The Morgan fingerprint density at radius 2 is 2.09 bits per heavy atom. The first-order valence-corrected chi connectivity index (χ1v) is 8.06. The molecule has 1 saturated heterocycles. The van der Waals surface area contributed by atoms with Crippen molar-refractivity contribution in [2.75, 3.05) is 26.2 Å². The molecule has 1 aromatic rings. The summed E-state index contributed by atoms with van der Waals surface area (Å²) in [6, 6.07) is -0.323. The highest BCUT2D eigenvalue weighted by atomic mass is 16.2. The Balaban J connectivity index is 1.68. The molecule has 1 aliphatic rings. The van der Waals surface area contributed by atoms with Gasteiger partial charge in [0, 0.05) is 33.2 Å². The van der Waals surface area contributed by atoms with E-state index in [0.29, 0.717) is 6.54 Å². The van der Waals surface area contributed by atoms with Crippen molar-refractivity contribution >= 4 is 6.03 Å². The molecule has 1 aromatic heterocycles. The van der Waals surface area contributed by atoms with E-state index in [1.807, 2.05) is 14.0 Å². The quantitative estimate of drug-likeness (QED) is 0.856. The minimum atomic E-state index is -0.164. The molecule has 124 valence electrons. The van der Waals surface area contributed by atoms with Crippen LogP contribution in [0.25, 0.3) is 0 Å². The fourth-order valence-electron chi connectivity index (χ4n) is 3.30. The Morgan fingerprint density at radius 3 is 2.68 bits per heavy atom. The summed E-state index contributed by atoms with van der Waals surface area (Å²) in [4.78, 5) is 14.4. The van der Waals surface area contributed by atoms with Crippen molar-refractivity contribution < 1.29 is 4.79 Å². The first-order chi connectivity index (χ1) is 10.5. The van der Waals surface area contributed by atoms with Crippen molar-refractivity contribution in [3.05, 3.63) is 12.2 Å². The molecule has 0 spiro atoms. The maximum Gasteiger partial charge on any atom is 0.315 e. The smallest absolute Gasteiger partial charge is 0.315 e. The molecule has 0 saturated carbocycles. The number of carbonyl (C=O) groups is 1. The monoisotopic (exact) mass is 308 g/mol. The van der Waals surface area contributed by atoms with Gasteiger partial charge in [0.15, 0.2) is 5.82 Å². The topological polar surface area (TPSA) is 75.1 Å². The summed E-state index contributed by atoms with van der Waals surface area (Å²) in [6.07, 6.45) is 2.93. The molecule has 2 rings (SSSR count). The highest BCUT2D eigenvalue weighted by Gasteiger charge is 2.21. The number of hydrogen-bond acceptors (Lipinski definition) is 4. The molecular formula is C15H28N6O. The maximum atomic E-state index is 11.9. The number of rotatable bonds is 5. The molecule has 1 aliphatic heterocycles. The lowest BCUT2D eigenvalue weighted by molar-refractivity contribution is 0.142. The van der Waals surface area contributed by atoms with E-state index in [1.165, 1.54) is 6.42 Å². The maximum absolute atomic E-state index is 11.9. The van der Waals surface area contributed by atoms with Crippen LogP contribution in [0.15, 0.2) is 6.33 Å². The van der Waals surface area contributed by atoms with E-state index >= 15 is 0 Å². The van der Waals surface area contributed by atoms with Gasteiger partial charge < -0.3 is 20.1 Å². The van der Waals surface area contributed by atoms with Crippen LogP contribution in [-0.4, -0.2) is 51.9 Å². The molecule has 0 radical (unpaired) electrons. The molecule has 1 fully saturated rings. The Labute approximate surface area is 132 Å². The summed E-state index contributed by atoms with van der Waals surface area (Å²) < 4.78 is 1.81. The highest BCUT2D eigenvalue weighted by molar-refractivity contribution is 5.74. The lowest BCUT2D eigenvalue weighted by Gasteiger charge is -2.34. The summed E-state index contributed by atoms with van der Waals surface area (Å²) in [5, 5.41) is 13.6. The highest BCUT2D eigenvalue weighted by Crippen LogP contribution is 2.20. The zero-order valence-electron chi connectivity index (χ0n) is 14.0. The molecule has 3 atom stereocenters. The van der Waals surface area contributed by atoms with E-state index < -0.39 is 0 Å². The predicted molar refractivity (Wildman–Crippen MR) is 85.3 cm³/mol. The second-order valence-electron chi connectivity index (χ2n) is 6.63. The molecule has 22 heavy (non-hydrogen) atoms. The Morgan fingerprint density at radius 1 is 1.41 bits per heavy atom. The fourth-order valence-corrected chi connectivity index (χ4v) is 3.30. The van der Waals surface area contributed by atoms with Gasteiger partial charge in [-0.25, -0.2) is 4.79 Å². The van der Waals surface area contributed by atoms with Crippen LogP contribution in [0.3, 0.4) is 0 Å². The van der Waals surface area contributed by atoms with Crippen molar-refractivity contribution in [3.63, 3.8) is 0 Å². The Hall–Kier alpha value is -1.63. The summed E-state index contributed by atoms with van der Waals surface area (Å²) in [7, 11) is 1.87. The van der Waals surface area contributed by atoms with Crippen molar-refractivity contribution in [3.8, 4) is 0 Å². The third kappa shape index (κ3) is 4.69. The third-order valence-electron chi connectivity index (χ3n) is 4.14. The Bertz CT molecular complexity index is 478. The number of piperidine rings is 1. The van der Waals surface area contributed by atoms with Crippen molar-refractivity contribution in [2.24, 2.45) is 18.9 Å². The van der Waals surface area contributed by atoms with E-state index in [1.54, 1.807) is 10.9 Å². The molecule has 7 heteroatoms. The zero-order chi connectivity index (χ0) is 16.1. The number of urea groups is 1. The van der Waals surface area contributed by atoms with Gasteiger partial charge in [0.25, 0.3) is 0 Å². The van der Waals surface area contributed by atoms with E-state index in [2.05, 4.69) is 39.6 Å². The summed E-state index contributed by atoms with van der Waals surface area (Å²) in [5.41, 5.74) is 0. The average molecular weight is 308 g/mol. The first kappa shape index (κ1) is 16.7. The largest absolute Gasteiger partial charge is 0.337 e. The van der Waals surface area contributed by atoms with Gasteiger partial charge in [0.05, 0.1) is 6.04 Å². The van der Waals surface area contributed by atoms with Gasteiger partial charge in [0.1, 0.15) is 6.33 Å². The SMILES string of the molecule is CC1CC(C)CN(CCNC(=O)NC(C)c2nncn2C)C1. The predicted octanol–water partition coefficient (Wildman–Crippen LogP) is 1.15. The number of likely N-dealkylation sites (tertiary alicyclic amines) is 1. The number of aromatic nitrogens is 3. The Kier molecular flexibility index (Phi) is 5.76. The number of aryl methyl sites for hydroxylation is 1. The zero-order valence-corrected chi connectivity index (χ0v) is 14.0. The standard InChI is InChI=1S/C15H28N6O/c1-11-7-12(2)9-21(8-11)6-5-16-15(22)18-13(3)14-19-17-10-20(14)4/h10-13H,5-9H2,1-4H3,(H2,16,18,22). The number of nitrogens with one attached hydrogen (secondary N) is 2. The molecule has 3 unspecified atom stereocenters. The number of carbonyl (C=O) groups excluding carboxylic acids is 1. The van der Waals surface area contributed by atoms with Crippen LogP contribution in [0.4, 0.5) is 4.79 Å². The van der Waals surface area contributed by atoms with Crippen LogP contribution < -0.4 is 10.6 Å². The normalized spacial score (nSPS) is 24.0. The lowest BCUT2D eigenvalue weighted by atomic mass is 9.92. The molecule has 2 heterocycles. The molecular weight excluding hydrogens is 280 g/mol. The second-order valence-corrected chi connectivity index (χ2v) is 6.63. The summed E-state index contributed by atoms with van der Waals surface area (Å²) >= 11 is 0. The number of hydrogen-bond donors (Lipinski definition) is 2. The lowest BCUT2D eigenvalue weighted by Crippen LogP contribution is -2.45. The summed E-state index contributed by atoms with van der Waals surface area (Å²) in [6.45, 7) is 10.3. The molecule has 2 amide bonds. The second kappa shape index (κ2) is 7.58. The van der Waals surface area contributed by atoms with Crippen molar-refractivity contribution in [2.45, 2.75) is 33.2 Å². The molecule has 0 aromatic carbocycles. The van der Waals surface area contributed by atoms with Gasteiger partial charge in [-0.15, -0.1) is 10.2 Å². The van der Waals surface area contributed by atoms with Gasteiger partial charge in [0.2, 0.25) is 0 Å².